The van der Waals surface area contributed by atoms with E-state index in [1.807, 2.05) is 97.1 Å². The van der Waals surface area contributed by atoms with E-state index in [0.717, 1.165) is 22.0 Å². The Morgan fingerprint density at radius 3 is 2.44 bits per heavy atom. The van der Waals surface area contributed by atoms with Crippen LogP contribution in [-0.2, 0) is 14.4 Å². The minimum Gasteiger partial charge on any atom is -0.394 e. The second-order valence-electron chi connectivity index (χ2n) is 11.2. The van der Waals surface area contributed by atoms with Crippen molar-refractivity contribution in [3.8, 4) is 0 Å². The molecule has 0 bridgehead atoms. The van der Waals surface area contributed by atoms with Gasteiger partial charge in [-0.1, -0.05) is 85.0 Å². The van der Waals surface area contributed by atoms with Crippen LogP contribution in [0.2, 0.25) is 0 Å². The Hall–Kier alpha value is -3.88. The number of aliphatic hydroxyl groups is 1. The van der Waals surface area contributed by atoms with Crippen molar-refractivity contribution in [2.75, 3.05) is 31.6 Å². The molecule has 1 spiro atoms. The molecule has 4 aliphatic heterocycles. The zero-order valence-corrected chi connectivity index (χ0v) is 23.5. The van der Waals surface area contributed by atoms with Crippen LogP contribution >= 0.6 is 11.8 Å². The molecule has 1 N–H and O–H groups in total. The van der Waals surface area contributed by atoms with E-state index in [1.54, 1.807) is 33.5 Å². The molecule has 0 saturated carbocycles. The number of benzene rings is 3. The number of likely N-dealkylation sites (N-methyl/N-ethyl adjacent to an activating group) is 1. The lowest BCUT2D eigenvalue weighted by atomic mass is 9.78. The third-order valence-corrected chi connectivity index (χ3v) is 10.8. The van der Waals surface area contributed by atoms with Gasteiger partial charge in [0.1, 0.15) is 6.04 Å². The van der Waals surface area contributed by atoms with E-state index in [9.17, 15) is 19.5 Å². The van der Waals surface area contributed by atoms with Gasteiger partial charge < -0.3 is 19.8 Å². The third kappa shape index (κ3) is 3.88. The molecule has 0 radical (unpaired) electrons. The molecular weight excluding hydrogens is 534 g/mol. The Bertz CT molecular complexity index is 1610. The first kappa shape index (κ1) is 26.0. The van der Waals surface area contributed by atoms with Crippen molar-refractivity contribution >= 4 is 45.9 Å². The fourth-order valence-electron chi connectivity index (χ4n) is 7.14. The fourth-order valence-corrected chi connectivity index (χ4v) is 9.14. The number of amides is 3. The summed E-state index contributed by atoms with van der Waals surface area (Å²) < 4.78 is -0.949. The molecule has 3 aromatic rings. The van der Waals surface area contributed by atoms with Crippen molar-refractivity contribution in [2.45, 2.75) is 22.1 Å². The van der Waals surface area contributed by atoms with E-state index >= 15 is 0 Å². The zero-order valence-electron chi connectivity index (χ0n) is 22.7. The lowest BCUT2D eigenvalue weighted by Gasteiger charge is -2.38. The van der Waals surface area contributed by atoms with Crippen LogP contribution in [-0.4, -0.2) is 75.4 Å². The van der Waals surface area contributed by atoms with Gasteiger partial charge >= 0.3 is 0 Å². The van der Waals surface area contributed by atoms with Crippen LogP contribution in [0, 0.1) is 11.8 Å². The number of rotatable bonds is 4. The summed E-state index contributed by atoms with van der Waals surface area (Å²) in [6.07, 6.45) is 8.00. The number of likely N-dealkylation sites (tertiary alicyclic amines) is 1. The van der Waals surface area contributed by atoms with E-state index in [1.165, 1.54) is 0 Å². The molecule has 4 heterocycles. The molecule has 7 nitrogen and oxygen atoms in total. The Kier molecular flexibility index (Phi) is 6.28. The van der Waals surface area contributed by atoms with Gasteiger partial charge in [0.25, 0.3) is 5.91 Å². The Balaban J connectivity index is 1.39. The molecule has 2 fully saturated rings. The van der Waals surface area contributed by atoms with E-state index in [0.29, 0.717) is 13.1 Å². The number of aliphatic hydroxyl groups excluding tert-OH is 1. The molecule has 0 aromatic heterocycles. The van der Waals surface area contributed by atoms with Crippen LogP contribution < -0.4 is 4.90 Å². The smallest absolute Gasteiger partial charge is 0.251 e. The van der Waals surface area contributed by atoms with E-state index in [4.69, 9.17) is 0 Å². The van der Waals surface area contributed by atoms with Crippen molar-refractivity contribution < 1.29 is 19.5 Å². The normalized spacial score (nSPS) is 29.8. The topological polar surface area (TPSA) is 81.2 Å². The summed E-state index contributed by atoms with van der Waals surface area (Å²) in [5, 5.41) is 12.6. The van der Waals surface area contributed by atoms with Gasteiger partial charge in [0, 0.05) is 31.1 Å². The van der Waals surface area contributed by atoms with Crippen LogP contribution in [0.1, 0.15) is 11.6 Å². The number of hydrogen-bond acceptors (Lipinski definition) is 5. The van der Waals surface area contributed by atoms with Crippen molar-refractivity contribution in [3.05, 3.63) is 103 Å². The lowest BCUT2D eigenvalue weighted by Crippen LogP contribution is -2.54. The summed E-state index contributed by atoms with van der Waals surface area (Å²) in [5.74, 6) is -1.86. The van der Waals surface area contributed by atoms with E-state index < -0.39 is 28.7 Å². The zero-order chi connectivity index (χ0) is 28.3. The average molecular weight is 566 g/mol. The molecule has 6 atom stereocenters. The summed E-state index contributed by atoms with van der Waals surface area (Å²) in [6.45, 7) is 0.495. The highest BCUT2D eigenvalue weighted by atomic mass is 32.2. The molecular formula is C33H31N3O4S. The summed E-state index contributed by atoms with van der Waals surface area (Å²) in [6, 6.07) is 21.7. The summed E-state index contributed by atoms with van der Waals surface area (Å²) in [4.78, 5) is 48.1. The monoisotopic (exact) mass is 565 g/mol. The summed E-state index contributed by atoms with van der Waals surface area (Å²) in [5.41, 5.74) is 1.50. The number of anilines is 1. The SMILES string of the molecule is CN1CC=C[C@@H]2S[C@]34C=CCN(c5ccc6ccccc6c5)C(=O)C3N([C@H](CO)c3ccccc3)C(=O)[C@@H]4[C@@H]2C1=O. The summed E-state index contributed by atoms with van der Waals surface area (Å²) >= 11 is 1.55. The Labute approximate surface area is 243 Å². The first-order valence-electron chi connectivity index (χ1n) is 14.0. The van der Waals surface area contributed by atoms with Gasteiger partial charge in [0.05, 0.1) is 29.2 Å². The first-order valence-corrected chi connectivity index (χ1v) is 14.9. The molecule has 2 saturated heterocycles. The second-order valence-corrected chi connectivity index (χ2v) is 12.7. The van der Waals surface area contributed by atoms with Gasteiger partial charge in [0.15, 0.2) is 0 Å². The highest BCUT2D eigenvalue weighted by Gasteiger charge is 2.71. The van der Waals surface area contributed by atoms with Gasteiger partial charge in [-0.15, -0.1) is 11.8 Å². The molecule has 4 aliphatic rings. The Morgan fingerprint density at radius 2 is 1.66 bits per heavy atom. The molecule has 0 aliphatic carbocycles. The summed E-state index contributed by atoms with van der Waals surface area (Å²) in [7, 11) is 1.76. The highest BCUT2D eigenvalue weighted by molar-refractivity contribution is 8.02. The molecule has 3 amide bonds. The van der Waals surface area contributed by atoms with Crippen molar-refractivity contribution in [3.63, 3.8) is 0 Å². The molecule has 8 heteroatoms. The maximum Gasteiger partial charge on any atom is 0.251 e. The van der Waals surface area contributed by atoms with Crippen LogP contribution in [0.4, 0.5) is 5.69 Å². The highest BCUT2D eigenvalue weighted by Crippen LogP contribution is 2.62. The van der Waals surface area contributed by atoms with Gasteiger partial charge in [0.2, 0.25) is 11.8 Å². The van der Waals surface area contributed by atoms with Gasteiger partial charge in [-0.25, -0.2) is 0 Å². The largest absolute Gasteiger partial charge is 0.394 e. The first-order chi connectivity index (χ1) is 19.9. The number of carbonyl (C=O) groups excluding carboxylic acids is 3. The van der Waals surface area contributed by atoms with Gasteiger partial charge in [-0.05, 0) is 28.5 Å². The predicted octanol–water partition coefficient (Wildman–Crippen LogP) is 3.80. The lowest BCUT2D eigenvalue weighted by molar-refractivity contribution is -0.144. The average Bonchev–Trinajstić information content (AvgIpc) is 3.32. The minimum absolute atomic E-state index is 0.0833. The van der Waals surface area contributed by atoms with Crippen molar-refractivity contribution in [1.29, 1.82) is 0 Å². The van der Waals surface area contributed by atoms with E-state index in [2.05, 4.69) is 0 Å². The molecule has 3 aromatic carbocycles. The van der Waals surface area contributed by atoms with Crippen molar-refractivity contribution in [1.82, 2.24) is 9.80 Å². The molecule has 7 rings (SSSR count). The maximum atomic E-state index is 14.8. The van der Waals surface area contributed by atoms with Gasteiger partial charge in [-0.3, -0.25) is 14.4 Å². The van der Waals surface area contributed by atoms with Gasteiger partial charge in [-0.2, -0.15) is 0 Å². The molecule has 208 valence electrons. The number of fused-ring (bicyclic) bond motifs is 3. The van der Waals surface area contributed by atoms with Crippen LogP contribution in [0.25, 0.3) is 10.8 Å². The number of nitrogens with zero attached hydrogens (tertiary/aromatic N) is 3. The molecule has 1 unspecified atom stereocenters. The third-order valence-electron chi connectivity index (χ3n) is 9.04. The number of carbonyl (C=O) groups is 3. The quantitative estimate of drug-likeness (QED) is 0.487. The maximum absolute atomic E-state index is 14.8. The molecule has 41 heavy (non-hydrogen) atoms. The Morgan fingerprint density at radius 1 is 0.902 bits per heavy atom. The van der Waals surface area contributed by atoms with Crippen LogP contribution in [0.5, 0.6) is 0 Å². The standard InChI is InChI=1S/C33H31N3O4S/c1-34-17-7-13-26-27(30(34)38)28-31(39)36(25(20-37)22-10-3-2-4-11-22)29-32(40)35(18-8-16-33(28,29)41-26)24-15-14-21-9-5-6-12-23(21)19-24/h2-16,19,25-29,37H,17-18,20H2,1H3/t25-,26+,27-,28+,29?,33+/m1/s1. The predicted molar refractivity (Wildman–Crippen MR) is 160 cm³/mol. The van der Waals surface area contributed by atoms with E-state index in [-0.39, 0.29) is 29.6 Å². The van der Waals surface area contributed by atoms with Crippen LogP contribution in [0.3, 0.4) is 0 Å². The van der Waals surface area contributed by atoms with Crippen molar-refractivity contribution in [2.24, 2.45) is 11.8 Å². The second kappa shape index (κ2) is 9.89. The number of thioether (sulfide) groups is 1. The van der Waals surface area contributed by atoms with Crippen LogP contribution in [0.15, 0.2) is 97.1 Å². The minimum atomic E-state index is -0.949. The fraction of sp³-hybridized carbons (Fsp3) is 0.303. The number of hydrogen-bond donors (Lipinski definition) is 1.